The van der Waals surface area contributed by atoms with Crippen LogP contribution in [0, 0.1) is 0 Å². The molecule has 17 heavy (non-hydrogen) atoms. The van der Waals surface area contributed by atoms with Crippen molar-refractivity contribution in [2.45, 2.75) is 19.3 Å². The average Bonchev–Trinajstić information content (AvgIpc) is 2.40. The Morgan fingerprint density at radius 2 is 2.06 bits per heavy atom. The number of allylic oxidation sites excluding steroid dienone is 2. The summed E-state index contributed by atoms with van der Waals surface area (Å²) in [5, 5.41) is 0. The van der Waals surface area contributed by atoms with Crippen molar-refractivity contribution in [3.63, 3.8) is 0 Å². The van der Waals surface area contributed by atoms with E-state index in [4.69, 9.17) is 4.74 Å². The molecule has 0 aliphatic carbocycles. The van der Waals surface area contributed by atoms with E-state index in [9.17, 15) is 4.79 Å². The lowest BCUT2D eigenvalue weighted by Gasteiger charge is -2.14. The van der Waals surface area contributed by atoms with Crippen molar-refractivity contribution >= 4 is 5.78 Å². The predicted molar refractivity (Wildman–Crippen MR) is 67.6 cm³/mol. The molecule has 0 saturated heterocycles. The van der Waals surface area contributed by atoms with Crippen LogP contribution < -0.4 is 0 Å². The van der Waals surface area contributed by atoms with E-state index in [1.807, 2.05) is 36.4 Å². The molecule has 1 heterocycles. The van der Waals surface area contributed by atoms with Gasteiger partial charge < -0.3 is 4.74 Å². The van der Waals surface area contributed by atoms with Gasteiger partial charge in [0, 0.05) is 12.0 Å². The topological polar surface area (TPSA) is 26.3 Å². The van der Waals surface area contributed by atoms with Crippen LogP contribution >= 0.6 is 0 Å². The van der Waals surface area contributed by atoms with Gasteiger partial charge in [-0.25, -0.2) is 0 Å². The molecule has 0 saturated carbocycles. The zero-order valence-electron chi connectivity index (χ0n) is 9.82. The van der Waals surface area contributed by atoms with Crippen molar-refractivity contribution in [2.24, 2.45) is 0 Å². The molecule has 2 heteroatoms. The van der Waals surface area contributed by atoms with Gasteiger partial charge in [-0.1, -0.05) is 36.9 Å². The number of carbonyl (C=O) groups is 1. The minimum Gasteiger partial charge on any atom is -0.490 e. The van der Waals surface area contributed by atoms with Gasteiger partial charge in [-0.3, -0.25) is 4.79 Å². The van der Waals surface area contributed by atoms with Gasteiger partial charge in [-0.2, -0.15) is 0 Å². The summed E-state index contributed by atoms with van der Waals surface area (Å²) in [5.74, 6) is 0.408. The van der Waals surface area contributed by atoms with Crippen molar-refractivity contribution in [1.29, 1.82) is 0 Å². The molecule has 1 aliphatic heterocycles. The van der Waals surface area contributed by atoms with Crippen molar-refractivity contribution in [1.82, 2.24) is 0 Å². The van der Waals surface area contributed by atoms with Crippen molar-refractivity contribution in [3.05, 3.63) is 59.9 Å². The summed E-state index contributed by atoms with van der Waals surface area (Å²) in [5.41, 5.74) is 1.69. The fraction of sp³-hybridized carbons (Fsp3) is 0.267. The lowest BCUT2D eigenvalue weighted by molar-refractivity contribution is -0.115. The molecule has 0 fully saturated rings. The third-order valence-corrected chi connectivity index (χ3v) is 2.74. The highest BCUT2D eigenvalue weighted by atomic mass is 16.5. The zero-order valence-corrected chi connectivity index (χ0v) is 9.82. The summed E-state index contributed by atoms with van der Waals surface area (Å²) in [6, 6.07) is 9.87. The number of rotatable bonds is 4. The summed E-state index contributed by atoms with van der Waals surface area (Å²) < 4.78 is 5.35. The first kappa shape index (κ1) is 11.6. The van der Waals surface area contributed by atoms with Crippen LogP contribution in [-0.4, -0.2) is 12.4 Å². The van der Waals surface area contributed by atoms with Gasteiger partial charge in [0.25, 0.3) is 0 Å². The van der Waals surface area contributed by atoms with Crippen LogP contribution in [-0.2, 0) is 16.0 Å². The van der Waals surface area contributed by atoms with E-state index >= 15 is 0 Å². The Kier molecular flexibility index (Phi) is 3.76. The first-order valence-electron chi connectivity index (χ1n) is 5.87. The Hall–Kier alpha value is -1.83. The van der Waals surface area contributed by atoms with Crippen LogP contribution in [0.3, 0.4) is 0 Å². The van der Waals surface area contributed by atoms with Crippen LogP contribution in [0.4, 0.5) is 0 Å². The summed E-state index contributed by atoms with van der Waals surface area (Å²) in [6.07, 6.45) is 4.35. The largest absolute Gasteiger partial charge is 0.490 e. The number of ether oxygens (including phenoxy) is 1. The Bertz CT molecular complexity index is 443. The molecule has 1 aliphatic rings. The monoisotopic (exact) mass is 228 g/mol. The smallest absolute Gasteiger partial charge is 0.222 e. The normalized spacial score (nSPS) is 14.7. The Morgan fingerprint density at radius 3 is 2.71 bits per heavy atom. The van der Waals surface area contributed by atoms with Gasteiger partial charge in [-0.05, 0) is 24.5 Å². The molecular formula is C15H16O2. The first-order chi connectivity index (χ1) is 8.27. The van der Waals surface area contributed by atoms with Crippen LogP contribution in [0.15, 0.2) is 54.3 Å². The third-order valence-electron chi connectivity index (χ3n) is 2.74. The molecule has 88 valence electrons. The van der Waals surface area contributed by atoms with E-state index in [1.54, 1.807) is 0 Å². The number of hydrogen-bond acceptors (Lipinski definition) is 2. The van der Waals surface area contributed by atoms with Crippen LogP contribution in [0.25, 0.3) is 0 Å². The highest BCUT2D eigenvalue weighted by Gasteiger charge is 2.16. The minimum atomic E-state index is -0.0615. The molecule has 1 aromatic carbocycles. The number of Topliss-reactive ketones (excluding diaryl/α,β-unsaturated/α-hetero) is 1. The van der Waals surface area contributed by atoms with E-state index in [0.29, 0.717) is 24.4 Å². The molecule has 1 aromatic rings. The Labute approximate surface area is 102 Å². The Morgan fingerprint density at radius 1 is 1.29 bits per heavy atom. The van der Waals surface area contributed by atoms with Crippen LogP contribution in [0.2, 0.25) is 0 Å². The van der Waals surface area contributed by atoms with E-state index in [2.05, 4.69) is 6.58 Å². The highest BCUT2D eigenvalue weighted by Crippen LogP contribution is 2.16. The molecule has 0 unspecified atom stereocenters. The van der Waals surface area contributed by atoms with E-state index in [1.165, 1.54) is 0 Å². The third kappa shape index (κ3) is 3.06. The zero-order chi connectivity index (χ0) is 12.1. The fourth-order valence-corrected chi connectivity index (χ4v) is 1.81. The van der Waals surface area contributed by atoms with Crippen LogP contribution in [0.5, 0.6) is 0 Å². The molecule has 0 atom stereocenters. The minimum absolute atomic E-state index is 0.0615. The molecule has 0 bridgehead atoms. The summed E-state index contributed by atoms with van der Waals surface area (Å²) >= 11 is 0. The summed E-state index contributed by atoms with van der Waals surface area (Å²) in [4.78, 5) is 12.0. The molecule has 2 nitrogen and oxygen atoms in total. The quantitative estimate of drug-likeness (QED) is 0.740. The maximum atomic E-state index is 12.0. The number of hydrogen-bond donors (Lipinski definition) is 0. The van der Waals surface area contributed by atoms with E-state index < -0.39 is 0 Å². The fourth-order valence-electron chi connectivity index (χ4n) is 1.81. The molecule has 0 aromatic heterocycles. The van der Waals surface area contributed by atoms with Gasteiger partial charge in [0.2, 0.25) is 5.78 Å². The first-order valence-corrected chi connectivity index (χ1v) is 5.87. The van der Waals surface area contributed by atoms with E-state index in [0.717, 1.165) is 18.4 Å². The standard InChI is InChI=1S/C15H16O2/c1-12(11-13-7-3-2-4-8-13)15(16)14-9-5-6-10-17-14/h2-4,7-9H,1,5-6,10-11H2. The van der Waals surface area contributed by atoms with Gasteiger partial charge in [0.1, 0.15) is 0 Å². The molecule has 0 amide bonds. The number of ketones is 1. The molecule has 2 rings (SSSR count). The van der Waals surface area contributed by atoms with E-state index in [-0.39, 0.29) is 5.78 Å². The van der Waals surface area contributed by atoms with Gasteiger partial charge in [-0.15, -0.1) is 0 Å². The van der Waals surface area contributed by atoms with Gasteiger partial charge in [0.15, 0.2) is 5.76 Å². The van der Waals surface area contributed by atoms with Crippen molar-refractivity contribution < 1.29 is 9.53 Å². The molecular weight excluding hydrogens is 212 g/mol. The number of carbonyl (C=O) groups excluding carboxylic acids is 1. The maximum Gasteiger partial charge on any atom is 0.222 e. The summed E-state index contributed by atoms with van der Waals surface area (Å²) in [6.45, 7) is 4.49. The van der Waals surface area contributed by atoms with Gasteiger partial charge >= 0.3 is 0 Å². The Balaban J connectivity index is 2.01. The SMILES string of the molecule is C=C(Cc1ccccc1)C(=O)C1=CCCCO1. The van der Waals surface area contributed by atoms with Gasteiger partial charge in [0.05, 0.1) is 6.61 Å². The summed E-state index contributed by atoms with van der Waals surface area (Å²) in [7, 11) is 0. The molecule has 0 spiro atoms. The maximum absolute atomic E-state index is 12.0. The lowest BCUT2D eigenvalue weighted by atomic mass is 10.0. The lowest BCUT2D eigenvalue weighted by Crippen LogP contribution is -2.13. The molecule has 0 radical (unpaired) electrons. The second-order valence-electron chi connectivity index (χ2n) is 4.15. The predicted octanol–water partition coefficient (Wildman–Crippen LogP) is 3.05. The second kappa shape index (κ2) is 5.48. The van der Waals surface area contributed by atoms with Crippen molar-refractivity contribution in [2.75, 3.05) is 6.61 Å². The second-order valence-corrected chi connectivity index (χ2v) is 4.15. The average molecular weight is 228 g/mol. The number of benzene rings is 1. The highest BCUT2D eigenvalue weighted by molar-refractivity contribution is 6.06. The van der Waals surface area contributed by atoms with Crippen molar-refractivity contribution in [3.8, 4) is 0 Å². The molecule has 0 N–H and O–H groups in total. The van der Waals surface area contributed by atoms with Crippen LogP contribution in [0.1, 0.15) is 18.4 Å².